The van der Waals surface area contributed by atoms with Crippen molar-refractivity contribution in [3.8, 4) is 0 Å². The molecule has 92 valence electrons. The number of hydrogen-bond acceptors (Lipinski definition) is 4. The highest BCUT2D eigenvalue weighted by atomic mass is 32.2. The van der Waals surface area contributed by atoms with Crippen LogP contribution in [0.3, 0.4) is 0 Å². The number of aromatic nitrogens is 1. The third-order valence-corrected chi connectivity index (χ3v) is 3.71. The van der Waals surface area contributed by atoms with E-state index in [1.807, 2.05) is 16.7 Å². The summed E-state index contributed by atoms with van der Waals surface area (Å²) < 4.78 is 0. The van der Waals surface area contributed by atoms with Gasteiger partial charge in [0, 0.05) is 30.8 Å². The van der Waals surface area contributed by atoms with Crippen LogP contribution in [-0.2, 0) is 0 Å². The highest BCUT2D eigenvalue weighted by Gasteiger charge is 2.22. The number of thioether (sulfide) groups is 1. The Hall–Kier alpha value is -1.07. The zero-order chi connectivity index (χ0) is 12.3. The average molecular weight is 252 g/mol. The van der Waals surface area contributed by atoms with Gasteiger partial charge in [-0.25, -0.2) is 0 Å². The Morgan fingerprint density at radius 1 is 1.53 bits per heavy atom. The molecule has 1 atom stereocenters. The van der Waals surface area contributed by atoms with E-state index in [-0.39, 0.29) is 5.91 Å². The summed E-state index contributed by atoms with van der Waals surface area (Å²) in [6.45, 7) is 3.18. The van der Waals surface area contributed by atoms with Gasteiger partial charge >= 0.3 is 0 Å². The van der Waals surface area contributed by atoms with Crippen molar-refractivity contribution < 1.29 is 9.90 Å². The minimum absolute atomic E-state index is 0.0192. The summed E-state index contributed by atoms with van der Waals surface area (Å²) in [4.78, 5) is 18.2. The molecule has 0 unspecified atom stereocenters. The van der Waals surface area contributed by atoms with Gasteiger partial charge in [-0.05, 0) is 19.1 Å². The van der Waals surface area contributed by atoms with E-state index < -0.39 is 6.10 Å². The molecule has 0 aliphatic carbocycles. The van der Waals surface area contributed by atoms with E-state index in [1.54, 1.807) is 25.3 Å². The highest BCUT2D eigenvalue weighted by Crippen LogP contribution is 2.18. The molecule has 1 aromatic rings. The Morgan fingerprint density at radius 2 is 2.24 bits per heavy atom. The first-order valence-electron chi connectivity index (χ1n) is 5.70. The summed E-state index contributed by atoms with van der Waals surface area (Å²) in [5.41, 5.74) is 0.991. The van der Waals surface area contributed by atoms with Crippen LogP contribution in [-0.4, -0.2) is 45.5 Å². The lowest BCUT2D eigenvalue weighted by Gasteiger charge is -2.27. The van der Waals surface area contributed by atoms with E-state index in [4.69, 9.17) is 0 Å². The van der Waals surface area contributed by atoms with Gasteiger partial charge in [0.1, 0.15) is 0 Å². The maximum atomic E-state index is 12.3. The first kappa shape index (κ1) is 12.4. The van der Waals surface area contributed by atoms with Crippen molar-refractivity contribution >= 4 is 17.7 Å². The summed E-state index contributed by atoms with van der Waals surface area (Å²) in [7, 11) is 0. The smallest absolute Gasteiger partial charge is 0.255 e. The van der Waals surface area contributed by atoms with Crippen LogP contribution < -0.4 is 0 Å². The normalized spacial score (nSPS) is 17.9. The van der Waals surface area contributed by atoms with E-state index in [0.29, 0.717) is 11.3 Å². The SMILES string of the molecule is C[C@@H](O)c1ncccc1C(=O)N1CCSCC1. The monoisotopic (exact) mass is 252 g/mol. The van der Waals surface area contributed by atoms with E-state index in [9.17, 15) is 9.90 Å². The summed E-state index contributed by atoms with van der Waals surface area (Å²) in [5, 5.41) is 9.61. The molecule has 4 nitrogen and oxygen atoms in total. The Kier molecular flexibility index (Phi) is 4.02. The van der Waals surface area contributed by atoms with Crippen molar-refractivity contribution in [1.29, 1.82) is 0 Å². The molecule has 1 N–H and O–H groups in total. The molecule has 5 heteroatoms. The number of aliphatic hydroxyl groups excluding tert-OH is 1. The summed E-state index contributed by atoms with van der Waals surface area (Å²) in [6.07, 6.45) is 0.888. The lowest BCUT2D eigenvalue weighted by molar-refractivity contribution is 0.0764. The number of pyridine rings is 1. The topological polar surface area (TPSA) is 53.4 Å². The van der Waals surface area contributed by atoms with Crippen LogP contribution in [0.4, 0.5) is 0 Å². The van der Waals surface area contributed by atoms with Gasteiger partial charge in [-0.3, -0.25) is 9.78 Å². The van der Waals surface area contributed by atoms with Crippen LogP contribution in [0.15, 0.2) is 18.3 Å². The first-order valence-corrected chi connectivity index (χ1v) is 6.85. The molecular formula is C12H16N2O2S. The standard InChI is InChI=1S/C12H16N2O2S/c1-9(15)11-10(3-2-4-13-11)12(16)14-5-7-17-8-6-14/h2-4,9,15H,5-8H2,1H3/t9-/m1/s1. The van der Waals surface area contributed by atoms with Crippen molar-refractivity contribution in [2.24, 2.45) is 0 Å². The van der Waals surface area contributed by atoms with E-state index >= 15 is 0 Å². The Balaban J connectivity index is 2.23. The zero-order valence-electron chi connectivity index (χ0n) is 9.80. The largest absolute Gasteiger partial charge is 0.387 e. The number of amides is 1. The summed E-state index contributed by atoms with van der Waals surface area (Å²) >= 11 is 1.86. The molecule has 1 aliphatic heterocycles. The zero-order valence-corrected chi connectivity index (χ0v) is 10.6. The van der Waals surface area contributed by atoms with Gasteiger partial charge in [0.2, 0.25) is 0 Å². The molecule has 1 fully saturated rings. The molecule has 0 bridgehead atoms. The van der Waals surface area contributed by atoms with E-state index in [1.165, 1.54) is 0 Å². The first-order chi connectivity index (χ1) is 8.20. The quantitative estimate of drug-likeness (QED) is 0.862. The third kappa shape index (κ3) is 2.79. The lowest BCUT2D eigenvalue weighted by Crippen LogP contribution is -2.38. The van der Waals surface area contributed by atoms with Crippen LogP contribution >= 0.6 is 11.8 Å². The molecule has 1 aliphatic rings. The number of aliphatic hydroxyl groups is 1. The van der Waals surface area contributed by atoms with Crippen LogP contribution in [0.25, 0.3) is 0 Å². The van der Waals surface area contributed by atoms with Gasteiger partial charge < -0.3 is 10.0 Å². The minimum atomic E-state index is -0.714. The van der Waals surface area contributed by atoms with Gasteiger partial charge in [-0.2, -0.15) is 11.8 Å². The number of carbonyl (C=O) groups is 1. The fourth-order valence-electron chi connectivity index (χ4n) is 1.87. The highest BCUT2D eigenvalue weighted by molar-refractivity contribution is 7.99. The molecule has 0 aromatic carbocycles. The van der Waals surface area contributed by atoms with Gasteiger partial charge in [0.15, 0.2) is 0 Å². The molecule has 2 rings (SSSR count). The predicted molar refractivity (Wildman–Crippen MR) is 68.1 cm³/mol. The molecule has 1 amide bonds. The maximum Gasteiger partial charge on any atom is 0.255 e. The minimum Gasteiger partial charge on any atom is -0.387 e. The molecule has 17 heavy (non-hydrogen) atoms. The van der Waals surface area contributed by atoms with Crippen molar-refractivity contribution in [2.45, 2.75) is 13.0 Å². The second-order valence-electron chi connectivity index (χ2n) is 4.02. The Morgan fingerprint density at radius 3 is 2.88 bits per heavy atom. The fourth-order valence-corrected chi connectivity index (χ4v) is 2.77. The molecular weight excluding hydrogens is 236 g/mol. The Bertz CT molecular complexity index is 403. The lowest BCUT2D eigenvalue weighted by atomic mass is 10.1. The van der Waals surface area contributed by atoms with Crippen molar-refractivity contribution in [1.82, 2.24) is 9.88 Å². The average Bonchev–Trinajstić information content (AvgIpc) is 2.39. The molecule has 1 saturated heterocycles. The number of rotatable bonds is 2. The molecule has 2 heterocycles. The van der Waals surface area contributed by atoms with Crippen molar-refractivity contribution in [3.63, 3.8) is 0 Å². The van der Waals surface area contributed by atoms with E-state index in [0.717, 1.165) is 24.6 Å². The van der Waals surface area contributed by atoms with Crippen LogP contribution in [0.2, 0.25) is 0 Å². The maximum absolute atomic E-state index is 12.3. The number of nitrogens with zero attached hydrogens (tertiary/aromatic N) is 2. The summed E-state index contributed by atoms with van der Waals surface area (Å²) in [5.74, 6) is 1.95. The molecule has 0 radical (unpaired) electrons. The van der Waals surface area contributed by atoms with Crippen LogP contribution in [0.5, 0.6) is 0 Å². The van der Waals surface area contributed by atoms with Crippen LogP contribution in [0, 0.1) is 0 Å². The van der Waals surface area contributed by atoms with Gasteiger partial charge in [-0.1, -0.05) is 0 Å². The second-order valence-corrected chi connectivity index (χ2v) is 5.24. The third-order valence-electron chi connectivity index (χ3n) is 2.76. The second kappa shape index (κ2) is 5.51. The van der Waals surface area contributed by atoms with Crippen molar-refractivity contribution in [2.75, 3.05) is 24.6 Å². The Labute approximate surface area is 105 Å². The summed E-state index contributed by atoms with van der Waals surface area (Å²) in [6, 6.07) is 3.47. The predicted octanol–water partition coefficient (Wildman–Crippen LogP) is 1.32. The molecule has 1 aromatic heterocycles. The number of carbonyl (C=O) groups excluding carboxylic acids is 1. The van der Waals surface area contributed by atoms with Crippen molar-refractivity contribution in [3.05, 3.63) is 29.6 Å². The van der Waals surface area contributed by atoms with Crippen LogP contribution in [0.1, 0.15) is 29.1 Å². The fraction of sp³-hybridized carbons (Fsp3) is 0.500. The van der Waals surface area contributed by atoms with Gasteiger partial charge in [-0.15, -0.1) is 0 Å². The molecule has 0 saturated carbocycles. The van der Waals surface area contributed by atoms with Gasteiger partial charge in [0.25, 0.3) is 5.91 Å². The van der Waals surface area contributed by atoms with Gasteiger partial charge in [0.05, 0.1) is 17.4 Å². The number of hydrogen-bond donors (Lipinski definition) is 1. The van der Waals surface area contributed by atoms with E-state index in [2.05, 4.69) is 4.98 Å². The molecule has 0 spiro atoms.